The number of benzene rings is 3. The Balaban J connectivity index is 1.40. The van der Waals surface area contributed by atoms with Gasteiger partial charge in [-0.05, 0) is 48.5 Å². The number of carboxylic acids is 1. The molecule has 0 aliphatic heterocycles. The number of nitriles is 1. The van der Waals surface area contributed by atoms with Crippen molar-refractivity contribution in [1.29, 1.82) is 5.26 Å². The van der Waals surface area contributed by atoms with Gasteiger partial charge in [0.05, 0.1) is 40.5 Å². The highest BCUT2D eigenvalue weighted by molar-refractivity contribution is 5.92. The minimum Gasteiger partial charge on any atom is -0.478 e. The van der Waals surface area contributed by atoms with E-state index in [-0.39, 0.29) is 59.2 Å². The number of fused-ring (bicyclic) bond motifs is 1. The molecule has 42 heavy (non-hydrogen) atoms. The molecule has 0 saturated heterocycles. The molecule has 2 heterocycles. The van der Waals surface area contributed by atoms with E-state index in [1.807, 2.05) is 6.07 Å². The average Bonchev–Trinajstić information content (AvgIpc) is 3.33. The first-order valence-electron chi connectivity index (χ1n) is 12.6. The second kappa shape index (κ2) is 12.1. The Labute approximate surface area is 237 Å². The quantitative estimate of drug-likeness (QED) is 0.239. The van der Waals surface area contributed by atoms with E-state index < -0.39 is 23.4 Å². The van der Waals surface area contributed by atoms with Crippen molar-refractivity contribution in [3.63, 3.8) is 0 Å². The molecule has 0 bridgehead atoms. The molecule has 1 N–H and O–H groups in total. The zero-order chi connectivity index (χ0) is 29.8. The molecule has 0 fully saturated rings. The number of rotatable bonds is 10. The second-order valence-corrected chi connectivity index (χ2v) is 9.21. The summed E-state index contributed by atoms with van der Waals surface area (Å²) in [5.41, 5.74) is 1.48. The predicted molar refractivity (Wildman–Crippen MR) is 144 cm³/mol. The van der Waals surface area contributed by atoms with E-state index in [1.165, 1.54) is 43.6 Å². The van der Waals surface area contributed by atoms with Crippen LogP contribution in [0, 0.1) is 28.8 Å². The lowest BCUT2D eigenvalue weighted by molar-refractivity contribution is 0.0697. The maximum absolute atomic E-state index is 15.3. The van der Waals surface area contributed by atoms with Crippen LogP contribution in [0.3, 0.4) is 0 Å². The SMILES string of the molecule is COCCn1c(Cc2c(F)cc(-c3ccnc(OCc4ccc(C#N)cc4F)n3)cc2F)nc2ccc(C(=O)O)cc21. The number of carboxylic acid groups (broad SMARTS) is 1. The van der Waals surface area contributed by atoms with Crippen molar-refractivity contribution in [2.75, 3.05) is 13.7 Å². The Kier molecular flexibility index (Phi) is 8.12. The maximum Gasteiger partial charge on any atom is 0.335 e. The minimum atomic E-state index is -1.11. The highest BCUT2D eigenvalue weighted by Crippen LogP contribution is 2.27. The number of hydrogen-bond acceptors (Lipinski definition) is 7. The Morgan fingerprint density at radius 2 is 1.81 bits per heavy atom. The van der Waals surface area contributed by atoms with Crippen molar-refractivity contribution in [3.05, 3.63) is 106 Å². The van der Waals surface area contributed by atoms with Gasteiger partial charge in [0.15, 0.2) is 0 Å². The number of methoxy groups -OCH3 is 1. The van der Waals surface area contributed by atoms with E-state index in [9.17, 15) is 14.3 Å². The van der Waals surface area contributed by atoms with Gasteiger partial charge in [-0.1, -0.05) is 6.07 Å². The molecule has 0 atom stereocenters. The van der Waals surface area contributed by atoms with Gasteiger partial charge in [0.2, 0.25) is 0 Å². The zero-order valence-corrected chi connectivity index (χ0v) is 22.1. The number of aromatic carboxylic acids is 1. The van der Waals surface area contributed by atoms with Gasteiger partial charge in [-0.15, -0.1) is 0 Å². The van der Waals surface area contributed by atoms with E-state index in [0.29, 0.717) is 23.4 Å². The summed E-state index contributed by atoms with van der Waals surface area (Å²) in [6, 6.07) is 13.8. The summed E-state index contributed by atoms with van der Waals surface area (Å²) >= 11 is 0. The fourth-order valence-electron chi connectivity index (χ4n) is 4.40. The first-order chi connectivity index (χ1) is 20.3. The highest BCUT2D eigenvalue weighted by Gasteiger charge is 2.19. The number of imidazole rings is 1. The monoisotopic (exact) mass is 573 g/mol. The largest absolute Gasteiger partial charge is 0.478 e. The molecule has 0 unspecified atom stereocenters. The summed E-state index contributed by atoms with van der Waals surface area (Å²) in [6.45, 7) is 0.346. The van der Waals surface area contributed by atoms with Gasteiger partial charge in [-0.3, -0.25) is 0 Å². The molecule has 5 aromatic rings. The highest BCUT2D eigenvalue weighted by atomic mass is 19.1. The van der Waals surface area contributed by atoms with Gasteiger partial charge in [-0.2, -0.15) is 10.2 Å². The van der Waals surface area contributed by atoms with E-state index in [1.54, 1.807) is 10.6 Å². The van der Waals surface area contributed by atoms with Gasteiger partial charge in [-0.25, -0.2) is 27.9 Å². The van der Waals surface area contributed by atoms with Crippen molar-refractivity contribution in [2.45, 2.75) is 19.6 Å². The van der Waals surface area contributed by atoms with Crippen molar-refractivity contribution in [1.82, 2.24) is 19.5 Å². The summed E-state index contributed by atoms with van der Waals surface area (Å²) in [7, 11) is 1.51. The molecule has 0 aliphatic carbocycles. The van der Waals surface area contributed by atoms with Gasteiger partial charge in [0.1, 0.15) is 29.9 Å². The number of nitrogens with zero attached hydrogens (tertiary/aromatic N) is 5. The van der Waals surface area contributed by atoms with E-state index in [0.717, 1.165) is 18.2 Å². The predicted octanol–water partition coefficient (Wildman–Crippen LogP) is 5.30. The topological polar surface area (TPSA) is 123 Å². The van der Waals surface area contributed by atoms with Crippen molar-refractivity contribution >= 4 is 17.0 Å². The van der Waals surface area contributed by atoms with Crippen molar-refractivity contribution in [3.8, 4) is 23.3 Å². The lowest BCUT2D eigenvalue weighted by Gasteiger charge is -2.12. The summed E-state index contributed by atoms with van der Waals surface area (Å²) in [5.74, 6) is -3.05. The zero-order valence-electron chi connectivity index (χ0n) is 22.1. The van der Waals surface area contributed by atoms with E-state index in [4.69, 9.17) is 14.7 Å². The minimum absolute atomic E-state index is 0.0598. The molecular weight excluding hydrogens is 551 g/mol. The molecule has 12 heteroatoms. The number of aromatic nitrogens is 4. The number of halogens is 3. The summed E-state index contributed by atoms with van der Waals surface area (Å²) in [6.07, 6.45) is 1.15. The molecule has 2 aromatic heterocycles. The van der Waals surface area contributed by atoms with Crippen LogP contribution in [0.5, 0.6) is 6.01 Å². The van der Waals surface area contributed by atoms with Crippen LogP contribution in [0.4, 0.5) is 13.2 Å². The van der Waals surface area contributed by atoms with Crippen LogP contribution in [-0.4, -0.2) is 44.3 Å². The molecule has 0 aliphatic rings. The van der Waals surface area contributed by atoms with Gasteiger partial charge in [0.25, 0.3) is 0 Å². The maximum atomic E-state index is 15.3. The fourth-order valence-corrected chi connectivity index (χ4v) is 4.40. The third kappa shape index (κ3) is 5.91. The third-order valence-corrected chi connectivity index (χ3v) is 6.54. The standard InChI is InChI=1S/C30H22F3N5O4/c1-41-9-8-38-27-13-18(29(39)40)4-5-26(27)36-28(38)14-21-23(32)11-20(12-24(21)33)25-6-7-35-30(37-25)42-16-19-3-2-17(15-34)10-22(19)31/h2-7,10-13H,8-9,14,16H2,1H3,(H,39,40). The van der Waals surface area contributed by atoms with Gasteiger partial charge in [0, 0.05) is 43.0 Å². The van der Waals surface area contributed by atoms with Crippen LogP contribution >= 0.6 is 0 Å². The van der Waals surface area contributed by atoms with Crippen molar-refractivity contribution < 1.29 is 32.5 Å². The number of carbonyl (C=O) groups is 1. The molecule has 212 valence electrons. The lowest BCUT2D eigenvalue weighted by atomic mass is 10.0. The Morgan fingerprint density at radius 3 is 2.50 bits per heavy atom. The summed E-state index contributed by atoms with van der Waals surface area (Å²) in [5, 5.41) is 18.3. The van der Waals surface area contributed by atoms with Gasteiger partial charge >= 0.3 is 12.0 Å². The fraction of sp³-hybridized carbons (Fsp3) is 0.167. The average molecular weight is 574 g/mol. The smallest absolute Gasteiger partial charge is 0.335 e. The molecule has 5 rings (SSSR count). The Bertz CT molecular complexity index is 1830. The Morgan fingerprint density at radius 1 is 1.02 bits per heavy atom. The third-order valence-electron chi connectivity index (χ3n) is 6.54. The van der Waals surface area contributed by atoms with Crippen LogP contribution in [0.25, 0.3) is 22.3 Å². The van der Waals surface area contributed by atoms with Crippen LogP contribution in [0.1, 0.15) is 32.9 Å². The molecule has 0 spiro atoms. The lowest BCUT2D eigenvalue weighted by Crippen LogP contribution is -2.11. The van der Waals surface area contributed by atoms with E-state index in [2.05, 4.69) is 15.0 Å². The first kappa shape index (κ1) is 28.3. The van der Waals surface area contributed by atoms with Crippen LogP contribution in [-0.2, 0) is 24.3 Å². The molecule has 0 radical (unpaired) electrons. The summed E-state index contributed by atoms with van der Waals surface area (Å²) < 4.78 is 57.2. The summed E-state index contributed by atoms with van der Waals surface area (Å²) in [4.78, 5) is 24.1. The normalized spacial score (nSPS) is 11.0. The van der Waals surface area contributed by atoms with Crippen LogP contribution in [0.2, 0.25) is 0 Å². The molecule has 0 amide bonds. The second-order valence-electron chi connectivity index (χ2n) is 9.21. The molecule has 0 saturated carbocycles. The van der Waals surface area contributed by atoms with Crippen molar-refractivity contribution in [2.24, 2.45) is 0 Å². The Hall–Kier alpha value is -5.28. The van der Waals surface area contributed by atoms with E-state index >= 15 is 8.78 Å². The number of ether oxygens (including phenoxy) is 2. The van der Waals surface area contributed by atoms with Crippen LogP contribution < -0.4 is 4.74 Å². The van der Waals surface area contributed by atoms with Crippen LogP contribution in [0.15, 0.2) is 60.8 Å². The molecular formula is C30H22F3N5O4. The van der Waals surface area contributed by atoms with Gasteiger partial charge < -0.3 is 19.1 Å². The molecule has 9 nitrogen and oxygen atoms in total. The molecule has 3 aromatic carbocycles. The number of hydrogen-bond donors (Lipinski definition) is 1. The first-order valence-corrected chi connectivity index (χ1v) is 12.6.